The van der Waals surface area contributed by atoms with Gasteiger partial charge in [-0.1, -0.05) is 11.8 Å². The minimum atomic E-state index is -0.430. The Morgan fingerprint density at radius 2 is 1.71 bits per heavy atom. The number of thioether (sulfide) groups is 1. The molecule has 0 saturated carbocycles. The first-order chi connectivity index (χ1) is 11.6. The van der Waals surface area contributed by atoms with E-state index in [1.165, 1.54) is 11.8 Å². The number of hydrogen-bond acceptors (Lipinski definition) is 6. The zero-order chi connectivity index (χ0) is 17.5. The fourth-order valence-corrected chi connectivity index (χ4v) is 3.32. The molecular formula is C17H23NO5S. The van der Waals surface area contributed by atoms with Gasteiger partial charge in [-0.15, -0.1) is 0 Å². The summed E-state index contributed by atoms with van der Waals surface area (Å²) in [6.45, 7) is 6.92. The summed E-state index contributed by atoms with van der Waals surface area (Å²) in [5.41, 5.74) is 0.384. The summed E-state index contributed by atoms with van der Waals surface area (Å²) in [5.74, 6) is 1.83. The van der Waals surface area contributed by atoms with Crippen LogP contribution in [0, 0.1) is 0 Å². The maximum Gasteiger partial charge on any atom is 0.252 e. The van der Waals surface area contributed by atoms with Gasteiger partial charge in [0.05, 0.1) is 25.9 Å². The summed E-state index contributed by atoms with van der Waals surface area (Å²) in [6, 6.07) is 2.82. The van der Waals surface area contributed by atoms with Gasteiger partial charge in [0, 0.05) is 11.3 Å². The van der Waals surface area contributed by atoms with E-state index in [-0.39, 0.29) is 11.0 Å². The molecule has 7 heteroatoms. The topological polar surface area (TPSA) is 73.9 Å². The molecule has 1 aromatic rings. The third-order valence-corrected chi connectivity index (χ3v) is 4.42. The molecular weight excluding hydrogens is 330 g/mol. The van der Waals surface area contributed by atoms with Crippen molar-refractivity contribution in [3.05, 3.63) is 17.7 Å². The number of ether oxygens (including phenoxy) is 3. The van der Waals surface area contributed by atoms with E-state index in [2.05, 4.69) is 5.32 Å². The van der Waals surface area contributed by atoms with E-state index in [1.807, 2.05) is 20.8 Å². The molecule has 0 radical (unpaired) electrons. The van der Waals surface area contributed by atoms with Crippen molar-refractivity contribution in [2.75, 3.05) is 25.6 Å². The van der Waals surface area contributed by atoms with E-state index in [0.717, 1.165) is 5.75 Å². The monoisotopic (exact) mass is 353 g/mol. The number of hydrogen-bond donors (Lipinski definition) is 1. The van der Waals surface area contributed by atoms with Gasteiger partial charge in [0.25, 0.3) is 5.91 Å². The van der Waals surface area contributed by atoms with E-state index >= 15 is 0 Å². The Morgan fingerprint density at radius 3 is 2.17 bits per heavy atom. The molecule has 1 heterocycles. The molecule has 1 unspecified atom stereocenters. The Balaban J connectivity index is 2.30. The van der Waals surface area contributed by atoms with E-state index < -0.39 is 6.04 Å². The van der Waals surface area contributed by atoms with Gasteiger partial charge < -0.3 is 19.5 Å². The number of benzene rings is 1. The molecule has 1 N–H and O–H groups in total. The van der Waals surface area contributed by atoms with Gasteiger partial charge in [-0.3, -0.25) is 9.59 Å². The van der Waals surface area contributed by atoms with Crippen molar-refractivity contribution < 1.29 is 23.8 Å². The zero-order valence-electron chi connectivity index (χ0n) is 14.2. The highest BCUT2D eigenvalue weighted by atomic mass is 32.2. The van der Waals surface area contributed by atoms with Gasteiger partial charge in [-0.05, 0) is 39.3 Å². The molecule has 132 valence electrons. The number of carbonyl (C=O) groups is 2. The Labute approximate surface area is 146 Å². The van der Waals surface area contributed by atoms with Crippen molar-refractivity contribution in [3.63, 3.8) is 0 Å². The summed E-state index contributed by atoms with van der Waals surface area (Å²) in [7, 11) is 0. The average molecular weight is 353 g/mol. The van der Waals surface area contributed by atoms with Crippen LogP contribution in [0.4, 0.5) is 0 Å². The minimum absolute atomic E-state index is 0.00403. The lowest BCUT2D eigenvalue weighted by Gasteiger charge is -2.17. The van der Waals surface area contributed by atoms with Crippen molar-refractivity contribution in [1.29, 1.82) is 0 Å². The van der Waals surface area contributed by atoms with Crippen LogP contribution in [0.1, 0.15) is 37.6 Å². The van der Waals surface area contributed by atoms with E-state index in [0.29, 0.717) is 49.1 Å². The lowest BCUT2D eigenvalue weighted by Crippen LogP contribution is -2.37. The number of carbonyl (C=O) groups excluding carboxylic acids is 2. The molecule has 2 rings (SSSR count). The summed E-state index contributed by atoms with van der Waals surface area (Å²) >= 11 is 1.25. The molecule has 1 fully saturated rings. The summed E-state index contributed by atoms with van der Waals surface area (Å²) < 4.78 is 16.8. The number of nitrogens with one attached hydrogen (secondary N) is 1. The van der Waals surface area contributed by atoms with Crippen LogP contribution in [0.5, 0.6) is 17.2 Å². The lowest BCUT2D eigenvalue weighted by atomic mass is 10.1. The molecule has 1 aliphatic heterocycles. The summed E-state index contributed by atoms with van der Waals surface area (Å²) in [6.07, 6.45) is 0.656. The first-order valence-electron chi connectivity index (χ1n) is 8.14. The van der Waals surface area contributed by atoms with Gasteiger partial charge in [-0.2, -0.15) is 0 Å². The second-order valence-corrected chi connectivity index (χ2v) is 6.18. The zero-order valence-corrected chi connectivity index (χ0v) is 15.0. The van der Waals surface area contributed by atoms with Crippen molar-refractivity contribution >= 4 is 22.8 Å². The van der Waals surface area contributed by atoms with Crippen LogP contribution in [-0.2, 0) is 4.79 Å². The van der Waals surface area contributed by atoms with Gasteiger partial charge in [0.15, 0.2) is 11.5 Å². The third kappa shape index (κ3) is 4.35. The molecule has 6 nitrogen and oxygen atoms in total. The van der Waals surface area contributed by atoms with Gasteiger partial charge in [0.1, 0.15) is 0 Å². The van der Waals surface area contributed by atoms with Gasteiger partial charge in [-0.25, -0.2) is 0 Å². The first-order valence-corrected chi connectivity index (χ1v) is 9.13. The highest BCUT2D eigenvalue weighted by molar-refractivity contribution is 8.14. The maximum absolute atomic E-state index is 12.5. The number of rotatable bonds is 8. The molecule has 0 spiro atoms. The molecule has 1 amide bonds. The molecule has 1 saturated heterocycles. The second kappa shape index (κ2) is 8.82. The Morgan fingerprint density at radius 1 is 1.12 bits per heavy atom. The van der Waals surface area contributed by atoms with Crippen molar-refractivity contribution in [3.8, 4) is 17.2 Å². The molecule has 0 aromatic heterocycles. The van der Waals surface area contributed by atoms with Crippen molar-refractivity contribution in [2.45, 2.75) is 33.2 Å². The van der Waals surface area contributed by atoms with Crippen LogP contribution < -0.4 is 19.5 Å². The van der Waals surface area contributed by atoms with Crippen molar-refractivity contribution in [1.82, 2.24) is 5.32 Å². The minimum Gasteiger partial charge on any atom is -0.490 e. The fourth-order valence-electron chi connectivity index (χ4n) is 2.39. The maximum atomic E-state index is 12.5. The smallest absolute Gasteiger partial charge is 0.252 e. The summed E-state index contributed by atoms with van der Waals surface area (Å²) in [5, 5.41) is 2.78. The fraction of sp³-hybridized carbons (Fsp3) is 0.529. The third-order valence-electron chi connectivity index (χ3n) is 3.41. The van der Waals surface area contributed by atoms with E-state index in [4.69, 9.17) is 14.2 Å². The summed E-state index contributed by atoms with van der Waals surface area (Å²) in [4.78, 5) is 24.2. The highest BCUT2D eigenvalue weighted by Gasteiger charge is 2.28. The lowest BCUT2D eigenvalue weighted by molar-refractivity contribution is -0.112. The highest BCUT2D eigenvalue weighted by Crippen LogP contribution is 2.39. The Bertz CT molecular complexity index is 578. The Kier molecular flexibility index (Phi) is 6.78. The first kappa shape index (κ1) is 18.4. The van der Waals surface area contributed by atoms with Crippen molar-refractivity contribution in [2.24, 2.45) is 0 Å². The van der Waals surface area contributed by atoms with Crippen LogP contribution in [-0.4, -0.2) is 42.6 Å². The quantitative estimate of drug-likeness (QED) is 0.774. The molecule has 0 bridgehead atoms. The van der Waals surface area contributed by atoms with Crippen LogP contribution in [0.15, 0.2) is 12.1 Å². The van der Waals surface area contributed by atoms with E-state index in [1.54, 1.807) is 12.1 Å². The largest absolute Gasteiger partial charge is 0.490 e. The molecule has 0 aliphatic carbocycles. The van der Waals surface area contributed by atoms with Crippen LogP contribution in [0.3, 0.4) is 0 Å². The molecule has 24 heavy (non-hydrogen) atoms. The van der Waals surface area contributed by atoms with E-state index in [9.17, 15) is 9.59 Å². The van der Waals surface area contributed by atoms with Gasteiger partial charge in [0.2, 0.25) is 10.9 Å². The SMILES string of the molecule is CCOc1cc(C(=O)NC2CCSC2=O)cc(OCC)c1OCC. The molecule has 1 aromatic carbocycles. The van der Waals surface area contributed by atoms with Gasteiger partial charge >= 0.3 is 0 Å². The normalized spacial score (nSPS) is 16.8. The Hall–Kier alpha value is -1.89. The van der Waals surface area contributed by atoms with Crippen LogP contribution in [0.25, 0.3) is 0 Å². The average Bonchev–Trinajstić information content (AvgIpc) is 2.95. The number of amides is 1. The standard InChI is InChI=1S/C17H23NO5S/c1-4-21-13-9-11(10-14(22-5-2)15(13)23-6-3)16(19)18-12-7-8-24-17(12)20/h9-10,12H,4-8H2,1-3H3,(H,18,19). The predicted molar refractivity (Wildman–Crippen MR) is 93.3 cm³/mol. The second-order valence-electron chi connectivity index (χ2n) is 5.08. The van der Waals surface area contributed by atoms with Crippen LogP contribution >= 0.6 is 11.8 Å². The predicted octanol–water partition coefficient (Wildman–Crippen LogP) is 2.64. The molecule has 1 aliphatic rings. The van der Waals surface area contributed by atoms with Crippen LogP contribution in [0.2, 0.25) is 0 Å². The molecule has 1 atom stereocenters.